The predicted octanol–water partition coefficient (Wildman–Crippen LogP) is -1.05. The number of fused-ring (bicyclic) bond motifs is 1. The van der Waals surface area contributed by atoms with Gasteiger partial charge >= 0.3 is 5.69 Å². The van der Waals surface area contributed by atoms with E-state index in [2.05, 4.69) is 15.0 Å². The van der Waals surface area contributed by atoms with Gasteiger partial charge in [-0.15, -0.1) is 0 Å². The highest BCUT2D eigenvalue weighted by atomic mass is 16.2. The molecule has 0 fully saturated rings. The molecule has 6 heteroatoms. The van der Waals surface area contributed by atoms with Crippen LogP contribution in [0.3, 0.4) is 0 Å². The van der Waals surface area contributed by atoms with Crippen LogP contribution in [0.1, 0.15) is 0 Å². The molecule has 12 heavy (non-hydrogen) atoms. The molecule has 0 radical (unpaired) electrons. The summed E-state index contributed by atoms with van der Waals surface area (Å²) in [6, 6.07) is 0. The normalized spacial score (nSPS) is 10.8. The van der Waals surface area contributed by atoms with Crippen LogP contribution in [0.5, 0.6) is 0 Å². The van der Waals surface area contributed by atoms with Crippen molar-refractivity contribution < 1.29 is 0 Å². The Balaban J connectivity index is 3.13. The lowest BCUT2D eigenvalue weighted by Gasteiger charge is -1.89. The Hall–Kier alpha value is -1.85. The summed E-state index contributed by atoms with van der Waals surface area (Å²) in [5.41, 5.74) is -0.277. The smallest absolute Gasteiger partial charge is 0.327 e. The highest BCUT2D eigenvalue weighted by Gasteiger charge is 2.04. The molecule has 62 valence electrons. The largest absolute Gasteiger partial charge is 0.328 e. The highest BCUT2D eigenvalue weighted by molar-refractivity contribution is 5.68. The highest BCUT2D eigenvalue weighted by Crippen LogP contribution is 1.97. The van der Waals surface area contributed by atoms with Gasteiger partial charge in [0.2, 0.25) is 0 Å². The molecule has 0 amide bonds. The van der Waals surface area contributed by atoms with Crippen LogP contribution in [0, 0.1) is 0 Å². The molecular weight excluding hydrogens is 160 g/mol. The zero-order valence-corrected chi connectivity index (χ0v) is 6.29. The lowest BCUT2D eigenvalue weighted by atomic mass is 10.5. The number of rotatable bonds is 0. The molecule has 2 aromatic rings. The maximum atomic E-state index is 11.1. The van der Waals surface area contributed by atoms with Crippen LogP contribution in [-0.4, -0.2) is 19.5 Å². The fourth-order valence-electron chi connectivity index (χ4n) is 1.09. The third-order valence-corrected chi connectivity index (χ3v) is 1.61. The van der Waals surface area contributed by atoms with Gasteiger partial charge in [-0.3, -0.25) is 14.8 Å². The van der Waals surface area contributed by atoms with E-state index in [9.17, 15) is 9.59 Å². The minimum Gasteiger partial charge on any atom is -0.328 e. The average Bonchev–Trinajstić information content (AvgIpc) is 2.31. The SMILES string of the molecule is Cn1cnc2[nH]c(=O)[nH]c(=O)c21. The summed E-state index contributed by atoms with van der Waals surface area (Å²) in [6.45, 7) is 0. The lowest BCUT2D eigenvalue weighted by Crippen LogP contribution is -2.22. The Morgan fingerprint density at radius 3 is 2.92 bits per heavy atom. The van der Waals surface area contributed by atoms with E-state index in [0.29, 0.717) is 11.2 Å². The van der Waals surface area contributed by atoms with Crippen molar-refractivity contribution in [2.24, 2.45) is 7.05 Å². The van der Waals surface area contributed by atoms with Crippen LogP contribution in [-0.2, 0) is 7.05 Å². The van der Waals surface area contributed by atoms with Crippen molar-refractivity contribution >= 4 is 11.2 Å². The minimum atomic E-state index is -0.536. The lowest BCUT2D eigenvalue weighted by molar-refractivity contribution is 0.935. The first kappa shape index (κ1) is 6.84. The number of hydrogen-bond acceptors (Lipinski definition) is 3. The van der Waals surface area contributed by atoms with Gasteiger partial charge in [0.1, 0.15) is 0 Å². The van der Waals surface area contributed by atoms with Crippen LogP contribution in [0.2, 0.25) is 0 Å². The van der Waals surface area contributed by atoms with E-state index < -0.39 is 11.2 Å². The van der Waals surface area contributed by atoms with Gasteiger partial charge in [-0.1, -0.05) is 0 Å². The number of nitrogens with zero attached hydrogens (tertiary/aromatic N) is 2. The van der Waals surface area contributed by atoms with E-state index in [1.807, 2.05) is 0 Å². The standard InChI is InChI=1S/C6H6N4O2/c1-10-2-7-4-3(10)5(11)9-6(12)8-4/h2H,1H3,(H2,8,9,11,12). The molecule has 0 saturated carbocycles. The summed E-state index contributed by atoms with van der Waals surface area (Å²) in [4.78, 5) is 30.2. The quantitative estimate of drug-likeness (QED) is 0.523. The number of aromatic amines is 2. The first-order valence-electron chi connectivity index (χ1n) is 3.32. The second kappa shape index (κ2) is 2.07. The fraction of sp³-hybridized carbons (Fsp3) is 0.167. The Kier molecular flexibility index (Phi) is 1.18. The van der Waals surface area contributed by atoms with Gasteiger partial charge in [0, 0.05) is 7.05 Å². The zero-order valence-electron chi connectivity index (χ0n) is 6.29. The third kappa shape index (κ3) is 0.777. The van der Waals surface area contributed by atoms with Crippen LogP contribution < -0.4 is 11.2 Å². The first-order chi connectivity index (χ1) is 5.68. The molecule has 0 atom stereocenters. The number of nitrogens with one attached hydrogen (secondary N) is 2. The number of aromatic nitrogens is 4. The Morgan fingerprint density at radius 2 is 2.17 bits per heavy atom. The van der Waals surface area contributed by atoms with Crippen molar-refractivity contribution in [3.05, 3.63) is 27.2 Å². The summed E-state index contributed by atoms with van der Waals surface area (Å²) in [5, 5.41) is 0. The molecule has 2 heterocycles. The zero-order chi connectivity index (χ0) is 8.72. The molecule has 2 rings (SSSR count). The monoisotopic (exact) mass is 166 g/mol. The number of hydrogen-bond donors (Lipinski definition) is 2. The van der Waals surface area contributed by atoms with E-state index in [-0.39, 0.29) is 0 Å². The van der Waals surface area contributed by atoms with Crippen LogP contribution in [0.4, 0.5) is 0 Å². The van der Waals surface area contributed by atoms with Gasteiger partial charge in [-0.05, 0) is 0 Å². The summed E-state index contributed by atoms with van der Waals surface area (Å²) >= 11 is 0. The number of imidazole rings is 1. The first-order valence-corrected chi connectivity index (χ1v) is 3.32. The maximum absolute atomic E-state index is 11.1. The summed E-state index contributed by atoms with van der Waals surface area (Å²) < 4.78 is 1.55. The molecule has 0 bridgehead atoms. The third-order valence-electron chi connectivity index (χ3n) is 1.61. The number of aryl methyl sites for hydroxylation is 1. The van der Waals surface area contributed by atoms with E-state index in [1.165, 1.54) is 6.33 Å². The van der Waals surface area contributed by atoms with E-state index in [0.717, 1.165) is 0 Å². The summed E-state index contributed by atoms with van der Waals surface area (Å²) in [5.74, 6) is 0. The van der Waals surface area contributed by atoms with Crippen molar-refractivity contribution in [3.8, 4) is 0 Å². The minimum absolute atomic E-state index is 0.311. The van der Waals surface area contributed by atoms with E-state index in [4.69, 9.17) is 0 Å². The molecule has 2 aromatic heterocycles. The van der Waals surface area contributed by atoms with Crippen molar-refractivity contribution in [3.63, 3.8) is 0 Å². The number of H-pyrrole nitrogens is 2. The second-order valence-corrected chi connectivity index (χ2v) is 2.46. The van der Waals surface area contributed by atoms with Crippen LogP contribution >= 0.6 is 0 Å². The van der Waals surface area contributed by atoms with Gasteiger partial charge in [0.25, 0.3) is 5.56 Å². The molecule has 2 N–H and O–H groups in total. The molecular formula is C6H6N4O2. The predicted molar refractivity (Wildman–Crippen MR) is 42.0 cm³/mol. The topological polar surface area (TPSA) is 83.5 Å². The molecule has 6 nitrogen and oxygen atoms in total. The molecule has 0 aromatic carbocycles. The van der Waals surface area contributed by atoms with Crippen molar-refractivity contribution in [1.82, 2.24) is 19.5 Å². The van der Waals surface area contributed by atoms with Crippen molar-refractivity contribution in [2.45, 2.75) is 0 Å². The van der Waals surface area contributed by atoms with Gasteiger partial charge in [-0.2, -0.15) is 0 Å². The Bertz CT molecular complexity index is 532. The molecule has 0 aliphatic carbocycles. The second-order valence-electron chi connectivity index (χ2n) is 2.46. The molecule has 0 aliphatic heterocycles. The molecule has 0 unspecified atom stereocenters. The van der Waals surface area contributed by atoms with E-state index in [1.54, 1.807) is 11.6 Å². The van der Waals surface area contributed by atoms with Crippen LogP contribution in [0.15, 0.2) is 15.9 Å². The summed E-state index contributed by atoms with van der Waals surface area (Å²) in [6.07, 6.45) is 1.47. The van der Waals surface area contributed by atoms with Gasteiger partial charge in [0.15, 0.2) is 11.2 Å². The van der Waals surface area contributed by atoms with Gasteiger partial charge in [-0.25, -0.2) is 9.78 Å². The summed E-state index contributed by atoms with van der Waals surface area (Å²) in [7, 11) is 1.68. The molecule has 0 spiro atoms. The van der Waals surface area contributed by atoms with Crippen LogP contribution in [0.25, 0.3) is 11.2 Å². The van der Waals surface area contributed by atoms with Gasteiger partial charge < -0.3 is 4.57 Å². The van der Waals surface area contributed by atoms with E-state index >= 15 is 0 Å². The van der Waals surface area contributed by atoms with Gasteiger partial charge in [0.05, 0.1) is 6.33 Å². The average molecular weight is 166 g/mol. The fourth-order valence-corrected chi connectivity index (χ4v) is 1.09. The Morgan fingerprint density at radius 1 is 1.42 bits per heavy atom. The molecule has 0 saturated heterocycles. The Labute approximate surface area is 65.9 Å². The van der Waals surface area contributed by atoms with Crippen molar-refractivity contribution in [2.75, 3.05) is 0 Å². The maximum Gasteiger partial charge on any atom is 0.327 e. The molecule has 0 aliphatic rings. The van der Waals surface area contributed by atoms with Crippen molar-refractivity contribution in [1.29, 1.82) is 0 Å².